The van der Waals surface area contributed by atoms with Crippen LogP contribution in [0.25, 0.3) is 11.3 Å². The molecule has 3 aromatic rings. The highest BCUT2D eigenvalue weighted by atomic mass is 16.5. The standard InChI is InChI=1S/C24H29N3O2/c1-19(20-11-6-4-7-12-20)27(3)24(28)18-26(2)16-10-15-22-17-23(25-29-22)21-13-8-5-9-14-21/h4-9,11-14,17,19H,10,15-16,18H2,1-3H3. The number of nitrogens with zero attached hydrogens (tertiary/aromatic N) is 3. The van der Waals surface area contributed by atoms with Crippen LogP contribution >= 0.6 is 0 Å². The maximum absolute atomic E-state index is 12.6. The second-order valence-corrected chi connectivity index (χ2v) is 7.48. The summed E-state index contributed by atoms with van der Waals surface area (Å²) in [6.07, 6.45) is 1.71. The molecule has 152 valence electrons. The maximum atomic E-state index is 12.6. The van der Waals surface area contributed by atoms with Crippen molar-refractivity contribution in [2.24, 2.45) is 0 Å². The van der Waals surface area contributed by atoms with Crippen LogP contribution in [0.2, 0.25) is 0 Å². The monoisotopic (exact) mass is 391 g/mol. The van der Waals surface area contributed by atoms with Gasteiger partial charge in [0.15, 0.2) is 0 Å². The third kappa shape index (κ3) is 5.78. The van der Waals surface area contributed by atoms with Crippen molar-refractivity contribution in [3.63, 3.8) is 0 Å². The van der Waals surface area contributed by atoms with E-state index in [1.807, 2.05) is 73.6 Å². The summed E-state index contributed by atoms with van der Waals surface area (Å²) in [7, 11) is 3.85. The number of likely N-dealkylation sites (N-methyl/N-ethyl adjacent to an activating group) is 2. The van der Waals surface area contributed by atoms with Crippen LogP contribution in [0.4, 0.5) is 0 Å². The first-order chi connectivity index (χ1) is 14.0. The maximum Gasteiger partial charge on any atom is 0.236 e. The first-order valence-corrected chi connectivity index (χ1v) is 10.0. The normalized spacial score (nSPS) is 12.1. The first-order valence-electron chi connectivity index (χ1n) is 10.0. The number of hydrogen-bond donors (Lipinski definition) is 0. The van der Waals surface area contributed by atoms with E-state index in [0.717, 1.165) is 42.0 Å². The SMILES string of the molecule is CC(c1ccccc1)N(C)C(=O)CN(C)CCCc1cc(-c2ccccc2)no1. The van der Waals surface area contributed by atoms with Gasteiger partial charge in [0, 0.05) is 25.1 Å². The molecule has 5 nitrogen and oxygen atoms in total. The number of aryl methyl sites for hydroxylation is 1. The van der Waals surface area contributed by atoms with Gasteiger partial charge in [-0.1, -0.05) is 65.8 Å². The zero-order valence-electron chi connectivity index (χ0n) is 17.4. The molecule has 3 rings (SSSR count). The molecule has 1 atom stereocenters. The van der Waals surface area contributed by atoms with E-state index in [1.54, 1.807) is 0 Å². The van der Waals surface area contributed by atoms with Gasteiger partial charge in [-0.25, -0.2) is 0 Å². The second-order valence-electron chi connectivity index (χ2n) is 7.48. The third-order valence-electron chi connectivity index (χ3n) is 5.25. The van der Waals surface area contributed by atoms with Crippen LogP contribution in [0, 0.1) is 0 Å². The zero-order chi connectivity index (χ0) is 20.6. The van der Waals surface area contributed by atoms with Gasteiger partial charge in [0.05, 0.1) is 12.6 Å². The van der Waals surface area contributed by atoms with Crippen molar-refractivity contribution in [3.8, 4) is 11.3 Å². The van der Waals surface area contributed by atoms with Gasteiger partial charge in [-0.3, -0.25) is 9.69 Å². The van der Waals surface area contributed by atoms with Gasteiger partial charge < -0.3 is 9.42 Å². The van der Waals surface area contributed by atoms with E-state index in [1.165, 1.54) is 0 Å². The predicted octanol–water partition coefficient (Wildman–Crippen LogP) is 4.43. The minimum absolute atomic E-state index is 0.0581. The van der Waals surface area contributed by atoms with Crippen molar-refractivity contribution in [2.45, 2.75) is 25.8 Å². The smallest absolute Gasteiger partial charge is 0.236 e. The van der Waals surface area contributed by atoms with Crippen LogP contribution in [0.5, 0.6) is 0 Å². The highest BCUT2D eigenvalue weighted by Gasteiger charge is 2.18. The van der Waals surface area contributed by atoms with Crippen molar-refractivity contribution in [1.29, 1.82) is 0 Å². The summed E-state index contributed by atoms with van der Waals surface area (Å²) in [5, 5.41) is 4.15. The second kappa shape index (κ2) is 10.0. The third-order valence-corrected chi connectivity index (χ3v) is 5.25. The fraction of sp³-hybridized carbons (Fsp3) is 0.333. The molecule has 1 unspecified atom stereocenters. The summed E-state index contributed by atoms with van der Waals surface area (Å²) in [5.74, 6) is 0.994. The number of rotatable bonds is 9. The van der Waals surface area contributed by atoms with Crippen LogP contribution in [-0.4, -0.2) is 48.0 Å². The average Bonchev–Trinajstić information content (AvgIpc) is 3.23. The van der Waals surface area contributed by atoms with Gasteiger partial charge in [-0.15, -0.1) is 0 Å². The molecule has 0 N–H and O–H groups in total. The van der Waals surface area contributed by atoms with Crippen molar-refractivity contribution in [1.82, 2.24) is 15.0 Å². The molecule has 0 saturated carbocycles. The molecular formula is C24H29N3O2. The van der Waals surface area contributed by atoms with Crippen LogP contribution < -0.4 is 0 Å². The van der Waals surface area contributed by atoms with E-state index in [0.29, 0.717) is 6.54 Å². The van der Waals surface area contributed by atoms with Gasteiger partial charge in [0.1, 0.15) is 11.5 Å². The van der Waals surface area contributed by atoms with Crippen LogP contribution in [0.3, 0.4) is 0 Å². The molecule has 0 aliphatic heterocycles. The number of amides is 1. The van der Waals surface area contributed by atoms with Gasteiger partial charge in [-0.05, 0) is 32.5 Å². The summed E-state index contributed by atoms with van der Waals surface area (Å²) in [6.45, 7) is 3.28. The van der Waals surface area contributed by atoms with Crippen molar-refractivity contribution in [3.05, 3.63) is 78.1 Å². The number of hydrogen-bond acceptors (Lipinski definition) is 4. The fourth-order valence-corrected chi connectivity index (χ4v) is 3.29. The van der Waals surface area contributed by atoms with E-state index < -0.39 is 0 Å². The highest BCUT2D eigenvalue weighted by Crippen LogP contribution is 2.20. The van der Waals surface area contributed by atoms with Gasteiger partial charge >= 0.3 is 0 Å². The summed E-state index contributed by atoms with van der Waals surface area (Å²) >= 11 is 0. The van der Waals surface area contributed by atoms with E-state index >= 15 is 0 Å². The Labute approximate surface area is 172 Å². The Morgan fingerprint density at radius 3 is 2.38 bits per heavy atom. The Hall–Kier alpha value is -2.92. The fourth-order valence-electron chi connectivity index (χ4n) is 3.29. The van der Waals surface area contributed by atoms with E-state index in [2.05, 4.69) is 29.1 Å². The Morgan fingerprint density at radius 1 is 1.03 bits per heavy atom. The quantitative estimate of drug-likeness (QED) is 0.542. The Morgan fingerprint density at radius 2 is 1.69 bits per heavy atom. The molecule has 0 spiro atoms. The van der Waals surface area contributed by atoms with E-state index in [4.69, 9.17) is 4.52 Å². The summed E-state index contributed by atoms with van der Waals surface area (Å²) in [6, 6.07) is 22.2. The zero-order valence-corrected chi connectivity index (χ0v) is 17.4. The number of carbonyl (C=O) groups excluding carboxylic acids is 1. The van der Waals surface area contributed by atoms with Crippen molar-refractivity contribution in [2.75, 3.05) is 27.2 Å². The molecule has 0 bridgehead atoms. The van der Waals surface area contributed by atoms with Crippen molar-refractivity contribution < 1.29 is 9.32 Å². The molecule has 1 amide bonds. The van der Waals surface area contributed by atoms with Crippen LogP contribution in [-0.2, 0) is 11.2 Å². The number of aromatic nitrogens is 1. The van der Waals surface area contributed by atoms with Gasteiger partial charge in [0.25, 0.3) is 0 Å². The van der Waals surface area contributed by atoms with Crippen LogP contribution in [0.1, 0.15) is 30.7 Å². The predicted molar refractivity (Wildman–Crippen MR) is 115 cm³/mol. The summed E-state index contributed by atoms with van der Waals surface area (Å²) in [4.78, 5) is 16.5. The van der Waals surface area contributed by atoms with E-state index in [-0.39, 0.29) is 11.9 Å². The number of carbonyl (C=O) groups is 1. The molecule has 5 heteroatoms. The number of benzene rings is 2. The largest absolute Gasteiger partial charge is 0.361 e. The molecular weight excluding hydrogens is 362 g/mol. The minimum Gasteiger partial charge on any atom is -0.361 e. The lowest BCUT2D eigenvalue weighted by Crippen LogP contribution is -2.38. The van der Waals surface area contributed by atoms with Gasteiger partial charge in [0.2, 0.25) is 5.91 Å². The molecule has 0 radical (unpaired) electrons. The molecule has 29 heavy (non-hydrogen) atoms. The van der Waals surface area contributed by atoms with Gasteiger partial charge in [-0.2, -0.15) is 0 Å². The van der Waals surface area contributed by atoms with Crippen LogP contribution in [0.15, 0.2) is 71.3 Å². The molecule has 0 aliphatic rings. The Balaban J connectivity index is 1.43. The lowest BCUT2D eigenvalue weighted by molar-refractivity contribution is -0.132. The highest BCUT2D eigenvalue weighted by molar-refractivity contribution is 5.78. The Kier molecular flexibility index (Phi) is 7.19. The summed E-state index contributed by atoms with van der Waals surface area (Å²) in [5.41, 5.74) is 3.06. The molecule has 2 aromatic carbocycles. The topological polar surface area (TPSA) is 49.6 Å². The lowest BCUT2D eigenvalue weighted by Gasteiger charge is -2.27. The van der Waals surface area contributed by atoms with E-state index in [9.17, 15) is 4.79 Å². The molecule has 0 saturated heterocycles. The Bertz CT molecular complexity index is 893. The average molecular weight is 392 g/mol. The molecule has 0 aliphatic carbocycles. The van der Waals surface area contributed by atoms with Crippen molar-refractivity contribution >= 4 is 5.91 Å². The summed E-state index contributed by atoms with van der Waals surface area (Å²) < 4.78 is 5.46. The molecule has 0 fully saturated rings. The first kappa shape index (κ1) is 20.8. The lowest BCUT2D eigenvalue weighted by atomic mass is 10.1. The molecule has 1 aromatic heterocycles. The minimum atomic E-state index is 0.0581. The molecule has 1 heterocycles.